The minimum absolute atomic E-state index is 0.0444. The van der Waals surface area contributed by atoms with Crippen LogP contribution in [0.4, 0.5) is 0 Å². The highest BCUT2D eigenvalue weighted by atomic mass is 79.9. The monoisotopic (exact) mass is 484 g/mol. The summed E-state index contributed by atoms with van der Waals surface area (Å²) in [5, 5.41) is 15.5. The van der Waals surface area contributed by atoms with Crippen LogP contribution in [0.3, 0.4) is 0 Å². The Morgan fingerprint density at radius 1 is 1.33 bits per heavy atom. The standard InChI is InChI=1S/C21H17BrN4O3S/c1-29-19-8-13(2-7-18(19)27)10-23-25-20(28)9-16-12-30-21-24-17(11-26(16)21)14-3-5-15(22)6-4-14/h2-8,10-12,27H,9H2,1H3,(H,25,28)/b23-10+. The summed E-state index contributed by atoms with van der Waals surface area (Å²) < 4.78 is 7.99. The highest BCUT2D eigenvalue weighted by Gasteiger charge is 2.12. The molecule has 1 amide bonds. The number of ether oxygens (including phenoxy) is 1. The van der Waals surface area contributed by atoms with Gasteiger partial charge in [-0.1, -0.05) is 28.1 Å². The van der Waals surface area contributed by atoms with Crippen molar-refractivity contribution in [2.75, 3.05) is 7.11 Å². The lowest BCUT2D eigenvalue weighted by Gasteiger charge is -2.03. The molecule has 4 aromatic rings. The lowest BCUT2D eigenvalue weighted by atomic mass is 10.2. The van der Waals surface area contributed by atoms with Crippen LogP contribution < -0.4 is 10.2 Å². The van der Waals surface area contributed by atoms with Gasteiger partial charge < -0.3 is 9.84 Å². The zero-order chi connectivity index (χ0) is 21.1. The molecule has 0 aliphatic heterocycles. The molecule has 0 fully saturated rings. The second-order valence-electron chi connectivity index (χ2n) is 6.41. The Kier molecular flexibility index (Phi) is 5.82. The topological polar surface area (TPSA) is 88.2 Å². The van der Waals surface area contributed by atoms with Crippen molar-refractivity contribution >= 4 is 44.3 Å². The molecule has 30 heavy (non-hydrogen) atoms. The Labute approximate surface area is 184 Å². The number of hydrogen-bond donors (Lipinski definition) is 2. The summed E-state index contributed by atoms with van der Waals surface area (Å²) in [5.41, 5.74) is 5.92. The fourth-order valence-electron chi connectivity index (χ4n) is 2.87. The van der Waals surface area contributed by atoms with E-state index >= 15 is 0 Å². The number of hydrogen-bond acceptors (Lipinski definition) is 6. The van der Waals surface area contributed by atoms with Gasteiger partial charge in [-0.2, -0.15) is 5.10 Å². The van der Waals surface area contributed by atoms with Gasteiger partial charge in [0.25, 0.3) is 0 Å². The van der Waals surface area contributed by atoms with Crippen LogP contribution in [0.2, 0.25) is 0 Å². The summed E-state index contributed by atoms with van der Waals surface area (Å²) in [6, 6.07) is 12.7. The Bertz CT molecular complexity index is 1230. The molecule has 2 N–H and O–H groups in total. The number of imidazole rings is 1. The van der Waals surface area contributed by atoms with E-state index in [0.29, 0.717) is 11.3 Å². The number of halogens is 1. The molecule has 0 spiro atoms. The molecule has 7 nitrogen and oxygen atoms in total. The number of phenols is 1. The van der Waals surface area contributed by atoms with Crippen LogP contribution in [0.1, 0.15) is 11.3 Å². The summed E-state index contributed by atoms with van der Waals surface area (Å²) in [4.78, 5) is 17.8. The van der Waals surface area contributed by atoms with E-state index in [4.69, 9.17) is 4.74 Å². The fourth-order valence-corrected chi connectivity index (χ4v) is 4.01. The molecule has 0 bridgehead atoms. The third-order valence-corrected chi connectivity index (χ3v) is 5.79. The SMILES string of the molecule is COc1cc(/C=N/NC(=O)Cc2csc3nc(-c4ccc(Br)cc4)cn23)ccc1O. The van der Waals surface area contributed by atoms with Gasteiger partial charge in [-0.05, 0) is 35.9 Å². The quantitative estimate of drug-likeness (QED) is 0.316. The average molecular weight is 485 g/mol. The normalized spacial score (nSPS) is 11.3. The third kappa shape index (κ3) is 4.37. The maximum atomic E-state index is 12.3. The highest BCUT2D eigenvalue weighted by molar-refractivity contribution is 9.10. The molecular weight excluding hydrogens is 468 g/mol. The van der Waals surface area contributed by atoms with Crippen LogP contribution in [-0.2, 0) is 11.2 Å². The van der Waals surface area contributed by atoms with Crippen molar-refractivity contribution in [2.45, 2.75) is 6.42 Å². The maximum absolute atomic E-state index is 12.3. The zero-order valence-corrected chi connectivity index (χ0v) is 18.3. The summed E-state index contributed by atoms with van der Waals surface area (Å²) in [6.45, 7) is 0. The van der Waals surface area contributed by atoms with Gasteiger partial charge in [0.2, 0.25) is 5.91 Å². The molecule has 2 aromatic heterocycles. The highest BCUT2D eigenvalue weighted by Crippen LogP contribution is 2.26. The molecule has 2 aromatic carbocycles. The molecule has 0 atom stereocenters. The Hall–Kier alpha value is -3.17. The Morgan fingerprint density at radius 3 is 2.90 bits per heavy atom. The number of rotatable bonds is 6. The number of nitrogens with zero attached hydrogens (tertiary/aromatic N) is 3. The molecule has 4 rings (SSSR count). The number of carbonyl (C=O) groups excluding carboxylic acids is 1. The number of phenolic OH excluding ortho intramolecular Hbond substituents is 1. The molecule has 0 aliphatic rings. The summed E-state index contributed by atoms with van der Waals surface area (Å²) in [5.74, 6) is 0.145. The Morgan fingerprint density at radius 2 is 2.13 bits per heavy atom. The van der Waals surface area contributed by atoms with Crippen molar-refractivity contribution in [3.8, 4) is 22.8 Å². The van der Waals surface area contributed by atoms with Crippen molar-refractivity contribution < 1.29 is 14.6 Å². The van der Waals surface area contributed by atoms with Crippen molar-refractivity contribution in [2.24, 2.45) is 5.10 Å². The molecule has 152 valence electrons. The van der Waals surface area contributed by atoms with Gasteiger partial charge in [-0.25, -0.2) is 10.4 Å². The minimum atomic E-state index is -0.240. The number of hydrazone groups is 1. The van der Waals surface area contributed by atoms with Gasteiger partial charge in [-0.3, -0.25) is 9.20 Å². The number of nitrogens with one attached hydrogen (secondary N) is 1. The van der Waals surface area contributed by atoms with E-state index < -0.39 is 0 Å². The number of thiazole rings is 1. The largest absolute Gasteiger partial charge is 0.504 e. The molecule has 0 saturated carbocycles. The summed E-state index contributed by atoms with van der Waals surface area (Å²) >= 11 is 4.92. The molecular formula is C21H17BrN4O3S. The number of benzene rings is 2. The van der Waals surface area contributed by atoms with Crippen LogP contribution in [0.25, 0.3) is 16.2 Å². The fraction of sp³-hybridized carbons (Fsp3) is 0.0952. The van der Waals surface area contributed by atoms with E-state index in [9.17, 15) is 9.90 Å². The van der Waals surface area contributed by atoms with Crippen LogP contribution in [0, 0.1) is 0 Å². The minimum Gasteiger partial charge on any atom is -0.504 e. The number of aromatic nitrogens is 2. The molecule has 2 heterocycles. The van der Waals surface area contributed by atoms with E-state index in [1.54, 1.807) is 12.1 Å². The number of methoxy groups -OCH3 is 1. The number of amides is 1. The maximum Gasteiger partial charge on any atom is 0.246 e. The first-order valence-corrected chi connectivity index (χ1v) is 10.6. The van der Waals surface area contributed by atoms with Gasteiger partial charge >= 0.3 is 0 Å². The Balaban J connectivity index is 1.43. The van der Waals surface area contributed by atoms with Crippen LogP contribution in [0.15, 0.2) is 63.6 Å². The summed E-state index contributed by atoms with van der Waals surface area (Å²) in [7, 11) is 1.47. The van der Waals surface area contributed by atoms with Crippen molar-refractivity contribution in [3.63, 3.8) is 0 Å². The molecule has 9 heteroatoms. The van der Waals surface area contributed by atoms with Gasteiger partial charge in [0.15, 0.2) is 16.5 Å². The number of fused-ring (bicyclic) bond motifs is 1. The first kappa shape index (κ1) is 20.1. The van der Waals surface area contributed by atoms with E-state index in [1.165, 1.54) is 30.7 Å². The van der Waals surface area contributed by atoms with Crippen LogP contribution in [-0.4, -0.2) is 33.7 Å². The number of carbonyl (C=O) groups is 1. The van der Waals surface area contributed by atoms with Gasteiger partial charge in [0.1, 0.15) is 0 Å². The molecule has 0 aliphatic carbocycles. The molecule has 0 saturated heterocycles. The smallest absolute Gasteiger partial charge is 0.246 e. The van der Waals surface area contributed by atoms with Crippen molar-refractivity contribution in [1.82, 2.24) is 14.8 Å². The summed E-state index contributed by atoms with van der Waals surface area (Å²) in [6.07, 6.45) is 3.60. The predicted octanol–water partition coefficient (Wildman–Crippen LogP) is 4.23. The average Bonchev–Trinajstić information content (AvgIpc) is 3.32. The van der Waals surface area contributed by atoms with E-state index in [0.717, 1.165) is 26.4 Å². The predicted molar refractivity (Wildman–Crippen MR) is 120 cm³/mol. The van der Waals surface area contributed by atoms with Crippen molar-refractivity contribution in [1.29, 1.82) is 0 Å². The first-order chi connectivity index (χ1) is 14.5. The lowest BCUT2D eigenvalue weighted by molar-refractivity contribution is -0.120. The second kappa shape index (κ2) is 8.68. The van der Waals surface area contributed by atoms with Gasteiger partial charge in [0.05, 0.1) is 25.4 Å². The van der Waals surface area contributed by atoms with E-state index in [-0.39, 0.29) is 18.1 Å². The van der Waals surface area contributed by atoms with Crippen LogP contribution >= 0.6 is 27.3 Å². The zero-order valence-electron chi connectivity index (χ0n) is 15.9. The van der Waals surface area contributed by atoms with Gasteiger partial charge in [-0.15, -0.1) is 11.3 Å². The van der Waals surface area contributed by atoms with Gasteiger partial charge in [0, 0.05) is 27.3 Å². The van der Waals surface area contributed by atoms with Crippen molar-refractivity contribution in [3.05, 3.63) is 69.8 Å². The lowest BCUT2D eigenvalue weighted by Crippen LogP contribution is -2.20. The van der Waals surface area contributed by atoms with Crippen LogP contribution in [0.5, 0.6) is 11.5 Å². The molecule has 0 unspecified atom stereocenters. The third-order valence-electron chi connectivity index (χ3n) is 4.37. The second-order valence-corrected chi connectivity index (χ2v) is 8.17. The molecule has 0 radical (unpaired) electrons. The number of aromatic hydroxyl groups is 1. The first-order valence-electron chi connectivity index (χ1n) is 8.94. The van der Waals surface area contributed by atoms with E-state index in [2.05, 4.69) is 31.4 Å². The van der Waals surface area contributed by atoms with E-state index in [1.807, 2.05) is 40.2 Å².